The lowest BCUT2D eigenvalue weighted by molar-refractivity contribution is -0.117. The van der Waals surface area contributed by atoms with Gasteiger partial charge in [-0.2, -0.15) is 8.42 Å². The van der Waals surface area contributed by atoms with Gasteiger partial charge in [-0.3, -0.25) is 14.1 Å². The molecule has 7 nitrogen and oxygen atoms in total. The van der Waals surface area contributed by atoms with Crippen LogP contribution in [0.3, 0.4) is 0 Å². The van der Waals surface area contributed by atoms with Crippen LogP contribution in [0.1, 0.15) is 78.6 Å². The number of allylic oxidation sites excluding steroid dienone is 2. The summed E-state index contributed by atoms with van der Waals surface area (Å²) in [6.45, 7) is 7.77. The summed E-state index contributed by atoms with van der Waals surface area (Å²) >= 11 is 6.15. The Morgan fingerprint density at radius 3 is 2.27 bits per heavy atom. The van der Waals surface area contributed by atoms with Crippen molar-refractivity contribution in [1.29, 1.82) is 0 Å². The van der Waals surface area contributed by atoms with Crippen molar-refractivity contribution < 1.29 is 22.6 Å². The fourth-order valence-corrected chi connectivity index (χ4v) is 6.42. The molecule has 0 aromatic heterocycles. The smallest absolute Gasteiger partial charge is 0.285 e. The monoisotopic (exact) mass is 684 g/mol. The molecular weight excluding hydrogens is 644 g/mol. The zero-order chi connectivity index (χ0) is 34.6. The van der Waals surface area contributed by atoms with Crippen LogP contribution in [0.2, 0.25) is 5.02 Å². The molecule has 0 saturated carbocycles. The number of benzene rings is 4. The van der Waals surface area contributed by atoms with Gasteiger partial charge in [0, 0.05) is 16.3 Å². The van der Waals surface area contributed by atoms with Gasteiger partial charge in [-0.05, 0) is 120 Å². The van der Waals surface area contributed by atoms with Gasteiger partial charge in [-0.1, -0.05) is 86.1 Å². The van der Waals surface area contributed by atoms with Gasteiger partial charge in [0.1, 0.15) is 0 Å². The van der Waals surface area contributed by atoms with Crippen LogP contribution in [0.4, 0.5) is 5.69 Å². The third-order valence-corrected chi connectivity index (χ3v) is 10.3. The number of rotatable bonds is 10. The average molecular weight is 685 g/mol. The Labute approximate surface area is 288 Å². The molecule has 4 aromatic carbocycles. The summed E-state index contributed by atoms with van der Waals surface area (Å²) in [6, 6.07) is 28.4. The van der Waals surface area contributed by atoms with E-state index in [-0.39, 0.29) is 16.9 Å². The van der Waals surface area contributed by atoms with Crippen molar-refractivity contribution in [2.24, 2.45) is 5.41 Å². The Hall–Kier alpha value is -4.24. The lowest BCUT2D eigenvalue weighted by atomic mass is 9.76. The van der Waals surface area contributed by atoms with Gasteiger partial charge in [0.05, 0.1) is 5.92 Å². The van der Waals surface area contributed by atoms with Crippen molar-refractivity contribution in [3.8, 4) is 11.1 Å². The summed E-state index contributed by atoms with van der Waals surface area (Å²) in [7, 11) is -4.42. The lowest BCUT2D eigenvalue weighted by Gasteiger charge is -2.29. The average Bonchev–Trinajstić information content (AvgIpc) is 3.04. The Morgan fingerprint density at radius 2 is 1.65 bits per heavy atom. The van der Waals surface area contributed by atoms with E-state index in [1.165, 1.54) is 12.5 Å². The van der Waals surface area contributed by atoms with E-state index < -0.39 is 27.3 Å². The molecule has 0 heterocycles. The predicted molar refractivity (Wildman–Crippen MR) is 194 cm³/mol. The molecule has 3 N–H and O–H groups in total. The van der Waals surface area contributed by atoms with E-state index in [0.29, 0.717) is 17.1 Å². The third kappa shape index (κ3) is 8.81. The first-order valence-corrected chi connectivity index (χ1v) is 17.9. The summed E-state index contributed by atoms with van der Waals surface area (Å²) in [5.41, 5.74) is 8.45. The van der Waals surface area contributed by atoms with E-state index in [2.05, 4.69) is 42.7 Å². The minimum atomic E-state index is -4.42. The van der Waals surface area contributed by atoms with E-state index in [1.54, 1.807) is 24.3 Å². The third-order valence-electron chi connectivity index (χ3n) is 9.04. The molecule has 2 unspecified atom stereocenters. The molecule has 9 heteroatoms. The minimum Gasteiger partial charge on any atom is -0.334 e. The second kappa shape index (κ2) is 14.5. The molecule has 250 valence electrons. The van der Waals surface area contributed by atoms with Crippen molar-refractivity contribution in [1.82, 2.24) is 5.32 Å². The highest BCUT2D eigenvalue weighted by Gasteiger charge is 2.25. The molecule has 48 heavy (non-hydrogen) atoms. The number of anilines is 1. The van der Waals surface area contributed by atoms with E-state index >= 15 is 0 Å². The highest BCUT2D eigenvalue weighted by molar-refractivity contribution is 7.86. The predicted octanol–water partition coefficient (Wildman–Crippen LogP) is 8.84. The number of hydrogen-bond acceptors (Lipinski definition) is 4. The van der Waals surface area contributed by atoms with Crippen LogP contribution >= 0.6 is 11.6 Å². The van der Waals surface area contributed by atoms with Crippen molar-refractivity contribution >= 4 is 44.8 Å². The molecule has 0 bridgehead atoms. The summed E-state index contributed by atoms with van der Waals surface area (Å²) in [5, 5.41) is 4.64. The molecule has 1 aliphatic carbocycles. The molecule has 0 fully saturated rings. The Bertz CT molecular complexity index is 1950. The molecular formula is C39H41ClN2O5S. The summed E-state index contributed by atoms with van der Waals surface area (Å²) < 4.78 is 31.9. The number of halogens is 1. The maximum Gasteiger partial charge on any atom is 0.285 e. The van der Waals surface area contributed by atoms with Gasteiger partial charge in [0.25, 0.3) is 16.0 Å². The zero-order valence-electron chi connectivity index (χ0n) is 27.6. The van der Waals surface area contributed by atoms with E-state index in [0.717, 1.165) is 52.6 Å². The summed E-state index contributed by atoms with van der Waals surface area (Å²) in [6.07, 6.45) is 5.76. The lowest BCUT2D eigenvalue weighted by Crippen LogP contribution is -2.38. The summed E-state index contributed by atoms with van der Waals surface area (Å²) in [4.78, 5) is 26.6. The summed E-state index contributed by atoms with van der Waals surface area (Å²) in [5.74, 6) is -1.33. The van der Waals surface area contributed by atoms with Crippen LogP contribution in [0, 0.1) is 12.3 Å². The van der Waals surface area contributed by atoms with E-state index in [1.807, 2.05) is 61.5 Å². The maximum atomic E-state index is 14.0. The van der Waals surface area contributed by atoms with Crippen molar-refractivity contribution in [3.63, 3.8) is 0 Å². The Kier molecular flexibility index (Phi) is 10.6. The van der Waals surface area contributed by atoms with Crippen LogP contribution in [0.25, 0.3) is 16.7 Å². The van der Waals surface area contributed by atoms with Crippen LogP contribution in [0.5, 0.6) is 0 Å². The Morgan fingerprint density at radius 1 is 0.938 bits per heavy atom. The highest BCUT2D eigenvalue weighted by atomic mass is 35.5. The zero-order valence-corrected chi connectivity index (χ0v) is 29.2. The van der Waals surface area contributed by atoms with Crippen molar-refractivity contribution in [3.05, 3.63) is 130 Å². The molecule has 2 amide bonds. The standard InChI is InChI=1S/C39H41ClN2O5S/c1-25-22-33(40)14-17-35(25)29-12-15-34(16-13-29)42-38(44)36(32-7-5-6-31(24-32)28-18-20-39(3,4)21-19-28)23-27-8-10-30(11-9-27)37(43)41-26(2)48(45,46)47/h5-18,22,24,26,36H,19-21,23H2,1-4H3,(H,41,43)(H,42,44)(H,45,46,47). The second-order valence-corrected chi connectivity index (χ2v) is 15.5. The van der Waals surface area contributed by atoms with Crippen LogP contribution < -0.4 is 10.6 Å². The van der Waals surface area contributed by atoms with E-state index in [9.17, 15) is 22.6 Å². The van der Waals surface area contributed by atoms with Crippen molar-refractivity contribution in [2.45, 2.75) is 64.7 Å². The Balaban J connectivity index is 1.40. The van der Waals surface area contributed by atoms with E-state index in [4.69, 9.17) is 11.6 Å². The first-order valence-electron chi connectivity index (χ1n) is 16.0. The molecule has 0 saturated heterocycles. The van der Waals surface area contributed by atoms with Gasteiger partial charge in [0.2, 0.25) is 5.91 Å². The van der Waals surface area contributed by atoms with Gasteiger partial charge in [0.15, 0.2) is 5.37 Å². The van der Waals surface area contributed by atoms with Gasteiger partial charge >= 0.3 is 0 Å². The number of carbonyl (C=O) groups excluding carboxylic acids is 2. The number of hydrogen-bond donors (Lipinski definition) is 3. The number of aryl methyl sites for hydroxylation is 1. The number of amides is 2. The number of nitrogens with one attached hydrogen (secondary N) is 2. The maximum absolute atomic E-state index is 14.0. The largest absolute Gasteiger partial charge is 0.334 e. The van der Waals surface area contributed by atoms with Gasteiger partial charge < -0.3 is 10.6 Å². The number of carbonyl (C=O) groups is 2. The van der Waals surface area contributed by atoms with Crippen molar-refractivity contribution in [2.75, 3.05) is 5.32 Å². The van der Waals surface area contributed by atoms with Crippen LogP contribution in [0.15, 0.2) is 97.1 Å². The molecule has 0 radical (unpaired) electrons. The molecule has 2 atom stereocenters. The molecule has 1 aliphatic rings. The molecule has 0 aliphatic heterocycles. The first-order chi connectivity index (χ1) is 22.7. The topological polar surface area (TPSA) is 113 Å². The fraction of sp³-hybridized carbons (Fsp3) is 0.282. The molecule has 4 aromatic rings. The SMILES string of the molecule is Cc1cc(Cl)ccc1-c1ccc(NC(=O)C(Cc2ccc(C(=O)NC(C)S(=O)(=O)O)cc2)c2cccc(C3=CCC(C)(C)CC3)c2)cc1. The quantitative estimate of drug-likeness (QED) is 0.145. The second-order valence-electron chi connectivity index (χ2n) is 13.3. The molecule has 0 spiro atoms. The highest BCUT2D eigenvalue weighted by Crippen LogP contribution is 2.38. The normalized spacial score (nSPS) is 15.6. The minimum absolute atomic E-state index is 0.162. The molecule has 5 rings (SSSR count). The van der Waals surface area contributed by atoms with Crippen LogP contribution in [-0.4, -0.2) is 30.2 Å². The fourth-order valence-electron chi connectivity index (χ4n) is 5.94. The first kappa shape index (κ1) is 35.1. The van der Waals surface area contributed by atoms with Gasteiger partial charge in [-0.25, -0.2) is 0 Å². The van der Waals surface area contributed by atoms with Crippen LogP contribution in [-0.2, 0) is 21.3 Å². The van der Waals surface area contributed by atoms with Gasteiger partial charge in [-0.15, -0.1) is 0 Å².